The van der Waals surface area contributed by atoms with Crippen molar-refractivity contribution in [2.45, 2.75) is 6.04 Å². The van der Waals surface area contributed by atoms with Crippen molar-refractivity contribution in [1.29, 1.82) is 0 Å². The van der Waals surface area contributed by atoms with Crippen LogP contribution in [0.1, 0.15) is 17.2 Å². The number of aromatic hydroxyl groups is 1. The zero-order chi connectivity index (χ0) is 20.9. The van der Waals surface area contributed by atoms with E-state index in [0.29, 0.717) is 28.1 Å². The molecule has 0 aliphatic rings. The largest absolute Gasteiger partial charge is 0.505 e. The van der Waals surface area contributed by atoms with E-state index in [1.165, 1.54) is 0 Å². The van der Waals surface area contributed by atoms with Gasteiger partial charge in [0.25, 0.3) is 5.82 Å². The lowest BCUT2D eigenvalue weighted by Gasteiger charge is -2.18. The van der Waals surface area contributed by atoms with Crippen molar-refractivity contribution in [3.63, 3.8) is 0 Å². The van der Waals surface area contributed by atoms with Gasteiger partial charge in [-0.2, -0.15) is 0 Å². The number of halogens is 1. The SMILES string of the molecule is C=CCOc1ccc([C@@H](Nc2cccc[nH+]2)c2cc(Cl)c3cccnc3c2O)cc1. The molecule has 0 saturated heterocycles. The third kappa shape index (κ3) is 4.07. The van der Waals surface area contributed by atoms with Crippen LogP contribution in [0.2, 0.25) is 5.02 Å². The molecular weight excluding hydrogens is 398 g/mol. The first kappa shape index (κ1) is 19.7. The van der Waals surface area contributed by atoms with Gasteiger partial charge in [0.05, 0.1) is 11.2 Å². The molecule has 2 aromatic carbocycles. The highest BCUT2D eigenvalue weighted by atomic mass is 35.5. The van der Waals surface area contributed by atoms with Crippen molar-refractivity contribution >= 4 is 28.3 Å². The highest BCUT2D eigenvalue weighted by Gasteiger charge is 2.25. The van der Waals surface area contributed by atoms with Gasteiger partial charge in [0, 0.05) is 28.8 Å². The van der Waals surface area contributed by atoms with Gasteiger partial charge in [-0.05, 0) is 36.4 Å². The van der Waals surface area contributed by atoms with Crippen LogP contribution in [0.4, 0.5) is 5.82 Å². The van der Waals surface area contributed by atoms with Gasteiger partial charge in [0.1, 0.15) is 29.7 Å². The normalized spacial score (nSPS) is 11.8. The molecule has 4 rings (SSSR count). The monoisotopic (exact) mass is 418 g/mol. The summed E-state index contributed by atoms with van der Waals surface area (Å²) < 4.78 is 5.59. The summed E-state index contributed by atoms with van der Waals surface area (Å²) in [6, 6.07) is 18.5. The number of hydrogen-bond donors (Lipinski definition) is 2. The number of nitrogens with zero attached hydrogens (tertiary/aromatic N) is 1. The van der Waals surface area contributed by atoms with Crippen LogP contribution in [0.15, 0.2) is 85.7 Å². The van der Waals surface area contributed by atoms with Crippen LogP contribution >= 0.6 is 11.6 Å². The Balaban J connectivity index is 1.81. The van der Waals surface area contributed by atoms with E-state index in [2.05, 4.69) is 21.9 Å². The molecule has 0 unspecified atom stereocenters. The number of fused-ring (bicyclic) bond motifs is 1. The number of rotatable bonds is 7. The summed E-state index contributed by atoms with van der Waals surface area (Å²) in [7, 11) is 0. The molecule has 0 spiro atoms. The fourth-order valence-electron chi connectivity index (χ4n) is 3.32. The van der Waals surface area contributed by atoms with Gasteiger partial charge in [0.15, 0.2) is 0 Å². The number of aromatic amines is 1. The number of H-pyrrole nitrogens is 1. The summed E-state index contributed by atoms with van der Waals surface area (Å²) in [6.45, 7) is 4.10. The number of ether oxygens (including phenoxy) is 1. The lowest BCUT2D eigenvalue weighted by Crippen LogP contribution is -2.19. The van der Waals surface area contributed by atoms with E-state index < -0.39 is 0 Å². The molecule has 2 heterocycles. The summed E-state index contributed by atoms with van der Waals surface area (Å²) in [5, 5.41) is 15.7. The van der Waals surface area contributed by atoms with Gasteiger partial charge in [-0.1, -0.05) is 42.5 Å². The number of anilines is 1. The van der Waals surface area contributed by atoms with Crippen molar-refractivity contribution in [3.05, 3.63) is 102 Å². The maximum absolute atomic E-state index is 11.0. The highest BCUT2D eigenvalue weighted by molar-refractivity contribution is 6.35. The van der Waals surface area contributed by atoms with Gasteiger partial charge in [-0.3, -0.25) is 10.3 Å². The third-order valence-electron chi connectivity index (χ3n) is 4.75. The zero-order valence-corrected chi connectivity index (χ0v) is 16.9. The minimum absolute atomic E-state index is 0.0930. The molecule has 3 N–H and O–H groups in total. The van der Waals surface area contributed by atoms with E-state index in [4.69, 9.17) is 16.3 Å². The van der Waals surface area contributed by atoms with E-state index in [1.807, 2.05) is 54.7 Å². The predicted molar refractivity (Wildman–Crippen MR) is 119 cm³/mol. The van der Waals surface area contributed by atoms with E-state index in [-0.39, 0.29) is 11.8 Å². The first-order valence-corrected chi connectivity index (χ1v) is 9.88. The number of aromatic nitrogens is 2. The van der Waals surface area contributed by atoms with Gasteiger partial charge in [-0.25, -0.2) is 4.98 Å². The smallest absolute Gasteiger partial charge is 0.272 e. The molecule has 0 radical (unpaired) electrons. The van der Waals surface area contributed by atoms with E-state index in [9.17, 15) is 5.11 Å². The molecule has 1 atom stereocenters. The average molecular weight is 419 g/mol. The maximum Gasteiger partial charge on any atom is 0.272 e. The molecule has 4 aromatic rings. The second kappa shape index (κ2) is 8.84. The summed E-state index contributed by atoms with van der Waals surface area (Å²) in [5.74, 6) is 1.63. The van der Waals surface area contributed by atoms with Crippen molar-refractivity contribution in [2.24, 2.45) is 0 Å². The van der Waals surface area contributed by atoms with E-state index in [0.717, 1.165) is 17.1 Å². The van der Waals surface area contributed by atoms with Crippen molar-refractivity contribution < 1.29 is 14.8 Å². The van der Waals surface area contributed by atoms with Crippen LogP contribution in [-0.4, -0.2) is 16.7 Å². The molecule has 0 aliphatic carbocycles. The van der Waals surface area contributed by atoms with Crippen molar-refractivity contribution in [1.82, 2.24) is 4.98 Å². The molecule has 5 nitrogen and oxygen atoms in total. The molecule has 0 bridgehead atoms. The quantitative estimate of drug-likeness (QED) is 0.406. The lowest BCUT2D eigenvalue weighted by atomic mass is 9.96. The Bertz CT molecular complexity index is 1160. The summed E-state index contributed by atoms with van der Waals surface area (Å²) in [4.78, 5) is 7.51. The summed E-state index contributed by atoms with van der Waals surface area (Å²) >= 11 is 6.54. The number of hydrogen-bond acceptors (Lipinski definition) is 4. The molecule has 0 fully saturated rings. The standard InChI is InChI=1S/C24H20ClN3O2/c1-2-14-30-17-10-8-16(9-11-17)22(28-21-7-3-4-12-26-21)19-15-20(25)18-6-5-13-27-23(18)24(19)29/h2-13,15,22,29H,1,14H2,(H,26,28)/p+1/t22-/m1/s1. The fraction of sp³-hybridized carbons (Fsp3) is 0.0833. The van der Waals surface area contributed by atoms with Crippen LogP contribution in [-0.2, 0) is 0 Å². The fourth-order valence-corrected chi connectivity index (χ4v) is 3.59. The second-order valence-electron chi connectivity index (χ2n) is 6.72. The number of nitrogens with one attached hydrogen (secondary N) is 2. The number of benzene rings is 2. The average Bonchev–Trinajstić information content (AvgIpc) is 2.80. The number of phenolic OH excluding ortho intramolecular Hbond substituents is 1. The Morgan fingerprint density at radius 3 is 2.73 bits per heavy atom. The lowest BCUT2D eigenvalue weighted by molar-refractivity contribution is -0.361. The molecule has 2 aromatic heterocycles. The third-order valence-corrected chi connectivity index (χ3v) is 5.06. The maximum atomic E-state index is 11.0. The number of pyridine rings is 2. The van der Waals surface area contributed by atoms with Crippen LogP contribution in [0.3, 0.4) is 0 Å². The molecular formula is C24H21ClN3O2+. The Kier molecular flexibility index (Phi) is 5.82. The molecule has 0 amide bonds. The van der Waals surface area contributed by atoms with Crippen molar-refractivity contribution in [3.8, 4) is 11.5 Å². The van der Waals surface area contributed by atoms with Crippen molar-refractivity contribution in [2.75, 3.05) is 11.9 Å². The van der Waals surface area contributed by atoms with E-state index in [1.54, 1.807) is 24.4 Å². The summed E-state index contributed by atoms with van der Waals surface area (Å²) in [5.41, 5.74) is 2.03. The molecule has 0 aliphatic heterocycles. The molecule has 6 heteroatoms. The minimum atomic E-state index is -0.374. The first-order chi connectivity index (χ1) is 14.7. The van der Waals surface area contributed by atoms with Gasteiger partial charge in [-0.15, -0.1) is 0 Å². The second-order valence-corrected chi connectivity index (χ2v) is 7.13. The molecule has 0 saturated carbocycles. The zero-order valence-electron chi connectivity index (χ0n) is 16.2. The van der Waals surface area contributed by atoms with Gasteiger partial charge in [0.2, 0.25) is 0 Å². The van der Waals surface area contributed by atoms with Crippen LogP contribution in [0, 0.1) is 0 Å². The Hall–Kier alpha value is -3.57. The first-order valence-electron chi connectivity index (χ1n) is 9.50. The highest BCUT2D eigenvalue weighted by Crippen LogP contribution is 2.39. The van der Waals surface area contributed by atoms with Crippen LogP contribution in [0.5, 0.6) is 11.5 Å². The molecule has 30 heavy (non-hydrogen) atoms. The summed E-state index contributed by atoms with van der Waals surface area (Å²) in [6.07, 6.45) is 5.17. The Morgan fingerprint density at radius 2 is 2.00 bits per heavy atom. The predicted octanol–water partition coefficient (Wildman–Crippen LogP) is 5.17. The topological polar surface area (TPSA) is 68.5 Å². The van der Waals surface area contributed by atoms with Crippen LogP contribution < -0.4 is 15.0 Å². The minimum Gasteiger partial charge on any atom is -0.505 e. The Morgan fingerprint density at radius 1 is 1.17 bits per heavy atom. The van der Waals surface area contributed by atoms with E-state index >= 15 is 0 Å². The number of phenols is 1. The van der Waals surface area contributed by atoms with Gasteiger partial charge >= 0.3 is 0 Å². The van der Waals surface area contributed by atoms with Crippen LogP contribution in [0.25, 0.3) is 10.9 Å². The Labute approximate surface area is 179 Å². The molecule has 150 valence electrons. The van der Waals surface area contributed by atoms with Gasteiger partial charge < -0.3 is 9.84 Å².